The lowest BCUT2D eigenvalue weighted by Gasteiger charge is -2.36. The highest BCUT2D eigenvalue weighted by molar-refractivity contribution is 7.89. The number of piperazine rings is 1. The SMILES string of the molecule is [2H]c1c(F)c([2H])c(N([2H])C(=O)C([2H])([2H])[2H])c([2H])c1N1CCN(C([2H])CCCN(C([2H])([2H])[2H])S(=O)(=O)CC2C([2H])([2H])C([2H])([2H])C([2H])([2H])C([2H])([2H])C2([2H])[2H])CC1. The van der Waals surface area contributed by atoms with Gasteiger partial charge in [0.25, 0.3) is 0 Å². The van der Waals surface area contributed by atoms with Gasteiger partial charge in [0, 0.05) is 81.2 Å². The van der Waals surface area contributed by atoms with Crippen LogP contribution in [0.4, 0.5) is 15.8 Å². The molecule has 1 aromatic rings. The summed E-state index contributed by atoms with van der Waals surface area (Å²) in [7, 11) is -5.25. The molecule has 186 valence electrons. The molecule has 1 heterocycles. The van der Waals surface area contributed by atoms with Gasteiger partial charge in [0.1, 0.15) is 5.82 Å². The van der Waals surface area contributed by atoms with Crippen LogP contribution in [0.2, 0.25) is 1.41 Å². The molecule has 1 amide bonds. The predicted octanol–water partition coefficient (Wildman–Crippen LogP) is 3.53. The smallest absolute Gasteiger partial charge is 0.221 e. The highest BCUT2D eigenvalue weighted by Crippen LogP contribution is 2.26. The van der Waals surface area contributed by atoms with Gasteiger partial charge in [0.05, 0.1) is 9.87 Å². The first-order valence-corrected chi connectivity index (χ1v) is 11.7. The van der Waals surface area contributed by atoms with E-state index in [2.05, 4.69) is 0 Å². The second-order valence-electron chi connectivity index (χ2n) is 7.22. The molecular formula is C24H39FN4O3S. The summed E-state index contributed by atoms with van der Waals surface area (Å²) < 4.78 is 209. The second kappa shape index (κ2) is 12.1. The molecule has 0 bridgehead atoms. The summed E-state index contributed by atoms with van der Waals surface area (Å²) in [5, 5.41) is -0.292. The van der Waals surface area contributed by atoms with Crippen LogP contribution in [-0.4, -0.2) is 75.5 Å². The number of carbonyl (C=O) groups is 1. The lowest BCUT2D eigenvalue weighted by atomic mass is 9.91. The van der Waals surface area contributed by atoms with Crippen molar-refractivity contribution in [3.63, 3.8) is 0 Å². The van der Waals surface area contributed by atoms with Gasteiger partial charge in [0.15, 0.2) is 1.41 Å². The fraction of sp³-hybridized carbons (Fsp3) is 0.708. The number of hydrogen-bond donors (Lipinski definition) is 1. The van der Waals surface area contributed by atoms with Gasteiger partial charge in [-0.1, -0.05) is 19.1 Å². The first-order chi connectivity index (χ1) is 24.0. The molecule has 1 unspecified atom stereocenters. The Morgan fingerprint density at radius 2 is 2.03 bits per heavy atom. The summed E-state index contributed by atoms with van der Waals surface area (Å²) in [6.45, 7) is -8.94. The van der Waals surface area contributed by atoms with E-state index in [0.29, 0.717) is 0 Å². The normalized spacial score (nSPS) is 37.3. The van der Waals surface area contributed by atoms with E-state index in [1.165, 1.54) is 9.80 Å². The summed E-state index contributed by atoms with van der Waals surface area (Å²) in [5.74, 6) is -7.79. The Balaban J connectivity index is 1.76. The number of rotatable bonds is 10. The van der Waals surface area contributed by atoms with E-state index < -0.39 is 122 Å². The average molecular weight is 504 g/mol. The number of sulfonamides is 1. The van der Waals surface area contributed by atoms with Gasteiger partial charge in [-0.3, -0.25) is 9.69 Å². The summed E-state index contributed by atoms with van der Waals surface area (Å²) in [6.07, 6.45) is -19.1. The molecule has 1 atom stereocenters. The summed E-state index contributed by atoms with van der Waals surface area (Å²) in [5.41, 5.74) is -1.44. The number of anilines is 2. The predicted molar refractivity (Wildman–Crippen MR) is 132 cm³/mol. The van der Waals surface area contributed by atoms with Crippen molar-refractivity contribution in [3.8, 4) is 0 Å². The Hall–Kier alpha value is -1.71. The van der Waals surface area contributed by atoms with E-state index in [4.69, 9.17) is 28.8 Å². The number of halogens is 1. The number of benzene rings is 1. The molecule has 2 fully saturated rings. The van der Waals surface area contributed by atoms with Crippen LogP contribution in [0.3, 0.4) is 0 Å². The van der Waals surface area contributed by atoms with E-state index in [1.807, 2.05) is 0 Å². The highest BCUT2D eigenvalue weighted by Gasteiger charge is 2.25. The molecule has 0 radical (unpaired) electrons. The van der Waals surface area contributed by atoms with Crippen LogP contribution in [0.25, 0.3) is 0 Å². The minimum atomic E-state index is -5.25. The topological polar surface area (TPSA) is 73.0 Å². The molecular weight excluding hydrogens is 443 g/mol. The maximum absolute atomic E-state index is 14.9. The zero-order valence-corrected chi connectivity index (χ0v) is 18.4. The van der Waals surface area contributed by atoms with Crippen molar-refractivity contribution in [2.24, 2.45) is 5.92 Å². The van der Waals surface area contributed by atoms with Crippen molar-refractivity contribution in [2.45, 2.75) is 51.6 Å². The molecule has 1 N–H and O–H groups in total. The van der Waals surface area contributed by atoms with E-state index >= 15 is 0 Å². The quantitative estimate of drug-likeness (QED) is 0.529. The van der Waals surface area contributed by atoms with Gasteiger partial charge in [-0.2, -0.15) is 0 Å². The van der Waals surface area contributed by atoms with Crippen LogP contribution >= 0.6 is 0 Å². The molecule has 1 aromatic carbocycles. The van der Waals surface area contributed by atoms with Crippen LogP contribution in [0.5, 0.6) is 0 Å². The lowest BCUT2D eigenvalue weighted by Crippen LogP contribution is -2.46. The number of nitrogens with one attached hydrogen (secondary N) is 1. The first kappa shape index (κ1) is 9.74. The van der Waals surface area contributed by atoms with Crippen LogP contribution in [0.15, 0.2) is 18.1 Å². The van der Waals surface area contributed by atoms with Gasteiger partial charge >= 0.3 is 0 Å². The fourth-order valence-corrected chi connectivity index (χ4v) is 4.38. The highest BCUT2D eigenvalue weighted by atomic mass is 32.2. The molecule has 7 nitrogen and oxygen atoms in total. The van der Waals surface area contributed by atoms with Gasteiger partial charge < -0.3 is 10.2 Å². The lowest BCUT2D eigenvalue weighted by molar-refractivity contribution is -0.114. The van der Waals surface area contributed by atoms with Crippen molar-refractivity contribution in [1.82, 2.24) is 9.21 Å². The Labute approximate surface area is 227 Å². The minimum absolute atomic E-state index is 0.00393. The fourth-order valence-electron chi connectivity index (χ4n) is 3.20. The Bertz CT molecular complexity index is 1670. The van der Waals surface area contributed by atoms with Crippen molar-refractivity contribution < 1.29 is 46.4 Å². The molecule has 1 saturated carbocycles. The average Bonchev–Trinajstić information content (AvgIpc) is 3.02. The Morgan fingerprint density at radius 1 is 1.27 bits per heavy atom. The third-order valence-corrected chi connectivity index (χ3v) is 6.43. The van der Waals surface area contributed by atoms with Crippen molar-refractivity contribution in [2.75, 3.05) is 62.2 Å². The summed E-state index contributed by atoms with van der Waals surface area (Å²) in [6, 6.07) is -2.97. The number of nitrogens with zero attached hydrogens (tertiary/aromatic N) is 3. The Morgan fingerprint density at radius 3 is 2.73 bits per heavy atom. The first-order valence-electron chi connectivity index (χ1n) is 20.6. The largest absolute Gasteiger partial charge is 0.369 e. The molecule has 3 rings (SSSR count). The molecule has 2 aliphatic rings. The molecule has 1 aliphatic carbocycles. The van der Waals surface area contributed by atoms with Gasteiger partial charge in [-0.25, -0.2) is 17.1 Å². The van der Waals surface area contributed by atoms with Crippen molar-refractivity contribution >= 4 is 27.3 Å². The van der Waals surface area contributed by atoms with Crippen LogP contribution in [0.1, 0.15) is 79.0 Å². The standard InChI is InChI=1S/C24H39FN4O3S/c1-20(30)26-23-16-22(25)17-24(18-23)29-14-12-28(13-15-29)11-7-6-10-27(2)33(31,32)19-21-8-4-3-5-9-21/h16-18,21H,3-15,19H2,1-2H3,(H,26,30)/i1D3,2D3,3D2,4D2,5D2,8D2,9D2,11D,16D,17D,18D/hD. The molecule has 33 heavy (non-hydrogen) atoms. The van der Waals surface area contributed by atoms with Crippen LogP contribution in [-0.2, 0) is 14.8 Å². The molecule has 1 saturated heterocycles. The summed E-state index contributed by atoms with van der Waals surface area (Å²) in [4.78, 5) is 15.0. The number of hydrogen-bond acceptors (Lipinski definition) is 5. The molecule has 1 aliphatic heterocycles. The van der Waals surface area contributed by atoms with Crippen LogP contribution < -0.4 is 10.2 Å². The second-order valence-corrected chi connectivity index (χ2v) is 9.16. The van der Waals surface area contributed by atoms with Gasteiger partial charge in [-0.05, 0) is 56.2 Å². The van der Waals surface area contributed by atoms with Crippen molar-refractivity contribution in [3.05, 3.63) is 23.9 Å². The van der Waals surface area contributed by atoms with E-state index in [-0.39, 0.29) is 48.6 Å². The van der Waals surface area contributed by atoms with Gasteiger partial charge in [0.2, 0.25) is 15.9 Å². The third-order valence-electron chi connectivity index (χ3n) is 4.82. The molecule has 0 spiro atoms. The number of carbonyl (C=O) groups excluding carboxylic acids is 1. The van der Waals surface area contributed by atoms with E-state index in [9.17, 15) is 17.6 Å². The molecule has 9 heteroatoms. The van der Waals surface area contributed by atoms with Crippen LogP contribution in [0, 0.1) is 11.7 Å². The van der Waals surface area contributed by atoms with Gasteiger partial charge in [-0.15, -0.1) is 0 Å². The van der Waals surface area contributed by atoms with E-state index in [1.54, 1.807) is 0 Å². The number of amides is 1. The monoisotopic (exact) mass is 503 g/mol. The minimum Gasteiger partial charge on any atom is -0.369 e. The maximum Gasteiger partial charge on any atom is 0.221 e. The maximum atomic E-state index is 14.9. The zero-order chi connectivity index (χ0) is 42.2. The molecule has 0 aromatic heterocycles. The van der Waals surface area contributed by atoms with E-state index in [0.717, 1.165) is 0 Å². The third kappa shape index (κ3) is 8.22. The zero-order valence-electron chi connectivity index (χ0n) is 38.6. The Kier molecular flexibility index (Phi) is 3.58. The summed E-state index contributed by atoms with van der Waals surface area (Å²) >= 11 is 0. The van der Waals surface area contributed by atoms with Crippen molar-refractivity contribution in [1.29, 1.82) is 0 Å².